The Balaban J connectivity index is 1.79. The van der Waals surface area contributed by atoms with Gasteiger partial charge in [-0.3, -0.25) is 14.1 Å². The Kier molecular flexibility index (Phi) is 4.37. The molecule has 2 atom stereocenters. The van der Waals surface area contributed by atoms with E-state index < -0.39 is 0 Å². The van der Waals surface area contributed by atoms with Crippen LogP contribution in [0.15, 0.2) is 22.4 Å². The van der Waals surface area contributed by atoms with Crippen molar-refractivity contribution < 1.29 is 0 Å². The molecule has 5 nitrogen and oxygen atoms in total. The van der Waals surface area contributed by atoms with Crippen LogP contribution in [-0.4, -0.2) is 33.4 Å². The highest BCUT2D eigenvalue weighted by Crippen LogP contribution is 2.25. The van der Waals surface area contributed by atoms with Gasteiger partial charge < -0.3 is 5.73 Å². The standard InChI is InChI=1S/C15H22N4OS/c1-2-11-3-4-18(13(7-11)9-16)10-12-8-14(20)19-5-6-21-15(19)17-12/h5-6,8,11,13H,2-4,7,9-10,16H2,1H3. The number of hydrogen-bond acceptors (Lipinski definition) is 5. The Bertz CT molecular complexity index is 665. The first-order valence-corrected chi connectivity index (χ1v) is 8.49. The van der Waals surface area contributed by atoms with Crippen LogP contribution >= 0.6 is 11.3 Å². The normalized spacial score (nSPS) is 23.7. The largest absolute Gasteiger partial charge is 0.329 e. The summed E-state index contributed by atoms with van der Waals surface area (Å²) in [5, 5.41) is 1.89. The van der Waals surface area contributed by atoms with Gasteiger partial charge in [0, 0.05) is 36.8 Å². The molecule has 1 fully saturated rings. The molecule has 114 valence electrons. The van der Waals surface area contributed by atoms with Crippen LogP contribution in [0.2, 0.25) is 0 Å². The van der Waals surface area contributed by atoms with E-state index in [1.54, 1.807) is 16.7 Å². The van der Waals surface area contributed by atoms with E-state index in [0.717, 1.165) is 36.1 Å². The van der Waals surface area contributed by atoms with Gasteiger partial charge in [0.1, 0.15) is 0 Å². The summed E-state index contributed by atoms with van der Waals surface area (Å²) < 4.78 is 1.60. The van der Waals surface area contributed by atoms with Crippen LogP contribution in [0.4, 0.5) is 0 Å². The van der Waals surface area contributed by atoms with Crippen LogP contribution in [0.25, 0.3) is 4.96 Å². The Hall–Kier alpha value is -1.24. The number of piperidine rings is 1. The van der Waals surface area contributed by atoms with E-state index in [1.807, 2.05) is 5.38 Å². The second-order valence-corrected chi connectivity index (χ2v) is 6.67. The molecule has 2 aromatic heterocycles. The molecule has 0 aliphatic carbocycles. The number of nitrogens with zero attached hydrogens (tertiary/aromatic N) is 3. The Labute approximate surface area is 128 Å². The minimum atomic E-state index is 0.00370. The van der Waals surface area contributed by atoms with E-state index in [4.69, 9.17) is 5.73 Å². The maximum Gasteiger partial charge on any atom is 0.258 e. The third-order valence-electron chi connectivity index (χ3n) is 4.52. The number of likely N-dealkylation sites (tertiary alicyclic amines) is 1. The van der Waals surface area contributed by atoms with Crippen molar-refractivity contribution in [2.75, 3.05) is 13.1 Å². The molecule has 1 aliphatic rings. The van der Waals surface area contributed by atoms with Crippen molar-refractivity contribution in [2.45, 2.75) is 38.8 Å². The van der Waals surface area contributed by atoms with Gasteiger partial charge in [0.25, 0.3) is 5.56 Å². The zero-order valence-corrected chi connectivity index (χ0v) is 13.2. The first-order chi connectivity index (χ1) is 10.2. The van der Waals surface area contributed by atoms with Crippen LogP contribution < -0.4 is 11.3 Å². The van der Waals surface area contributed by atoms with E-state index >= 15 is 0 Å². The predicted octanol–water partition coefficient (Wildman–Crippen LogP) is 1.71. The topological polar surface area (TPSA) is 63.6 Å². The summed E-state index contributed by atoms with van der Waals surface area (Å²) in [6.07, 6.45) is 5.38. The second kappa shape index (κ2) is 6.25. The SMILES string of the molecule is CCC1CCN(Cc2cc(=O)n3ccsc3n2)C(CN)C1. The fourth-order valence-electron chi connectivity index (χ4n) is 3.18. The minimum Gasteiger partial charge on any atom is -0.329 e. The Morgan fingerprint density at radius 2 is 2.38 bits per heavy atom. The number of nitrogens with two attached hydrogens (primary N) is 1. The summed E-state index contributed by atoms with van der Waals surface area (Å²) in [6, 6.07) is 2.06. The highest BCUT2D eigenvalue weighted by molar-refractivity contribution is 7.15. The molecular weight excluding hydrogens is 284 g/mol. The van der Waals surface area contributed by atoms with Crippen LogP contribution in [-0.2, 0) is 6.54 Å². The molecule has 0 aromatic carbocycles. The molecule has 0 saturated carbocycles. The summed E-state index contributed by atoms with van der Waals surface area (Å²) in [5.41, 5.74) is 6.80. The molecule has 0 spiro atoms. The molecule has 2 unspecified atom stereocenters. The van der Waals surface area contributed by atoms with Gasteiger partial charge in [-0.15, -0.1) is 11.3 Å². The zero-order chi connectivity index (χ0) is 14.8. The molecule has 1 aliphatic heterocycles. The fourth-order valence-corrected chi connectivity index (χ4v) is 3.92. The van der Waals surface area contributed by atoms with E-state index in [0.29, 0.717) is 12.6 Å². The van der Waals surface area contributed by atoms with Crippen molar-refractivity contribution in [1.82, 2.24) is 14.3 Å². The van der Waals surface area contributed by atoms with Gasteiger partial charge in [-0.1, -0.05) is 13.3 Å². The third kappa shape index (κ3) is 3.02. The lowest BCUT2D eigenvalue weighted by Crippen LogP contribution is -2.46. The molecule has 0 amide bonds. The van der Waals surface area contributed by atoms with Gasteiger partial charge in [0.05, 0.1) is 5.69 Å². The van der Waals surface area contributed by atoms with Crippen LogP contribution in [0.3, 0.4) is 0 Å². The summed E-state index contributed by atoms with van der Waals surface area (Å²) >= 11 is 1.50. The lowest BCUT2D eigenvalue weighted by molar-refractivity contribution is 0.106. The van der Waals surface area contributed by atoms with E-state index in [2.05, 4.69) is 16.8 Å². The van der Waals surface area contributed by atoms with Crippen molar-refractivity contribution in [3.8, 4) is 0 Å². The molecule has 6 heteroatoms. The minimum absolute atomic E-state index is 0.00370. The summed E-state index contributed by atoms with van der Waals surface area (Å²) in [5.74, 6) is 0.785. The molecule has 2 N–H and O–H groups in total. The van der Waals surface area contributed by atoms with Gasteiger partial charge in [-0.2, -0.15) is 0 Å². The smallest absolute Gasteiger partial charge is 0.258 e. The molecule has 1 saturated heterocycles. The Morgan fingerprint density at radius 1 is 1.52 bits per heavy atom. The molecule has 0 radical (unpaired) electrons. The summed E-state index contributed by atoms with van der Waals surface area (Å²) in [6.45, 7) is 4.70. The number of thiazole rings is 1. The molecule has 3 heterocycles. The van der Waals surface area contributed by atoms with Crippen molar-refractivity contribution in [3.63, 3.8) is 0 Å². The highest BCUT2D eigenvalue weighted by Gasteiger charge is 2.27. The van der Waals surface area contributed by atoms with Gasteiger partial charge in [0.2, 0.25) is 0 Å². The fraction of sp³-hybridized carbons (Fsp3) is 0.600. The van der Waals surface area contributed by atoms with E-state index in [1.165, 1.54) is 24.2 Å². The number of aromatic nitrogens is 2. The number of rotatable bonds is 4. The van der Waals surface area contributed by atoms with Gasteiger partial charge in [0.15, 0.2) is 4.96 Å². The number of hydrogen-bond donors (Lipinski definition) is 1. The maximum atomic E-state index is 12.0. The lowest BCUT2D eigenvalue weighted by atomic mass is 9.89. The number of fused-ring (bicyclic) bond motifs is 1. The van der Waals surface area contributed by atoms with E-state index in [-0.39, 0.29) is 5.56 Å². The molecular formula is C15H22N4OS. The van der Waals surface area contributed by atoms with Crippen LogP contribution in [0, 0.1) is 5.92 Å². The van der Waals surface area contributed by atoms with Gasteiger partial charge in [-0.25, -0.2) is 4.98 Å². The van der Waals surface area contributed by atoms with Crippen molar-refractivity contribution in [2.24, 2.45) is 11.7 Å². The van der Waals surface area contributed by atoms with Crippen molar-refractivity contribution >= 4 is 16.3 Å². The molecule has 0 bridgehead atoms. The van der Waals surface area contributed by atoms with Gasteiger partial charge >= 0.3 is 0 Å². The average molecular weight is 306 g/mol. The monoisotopic (exact) mass is 306 g/mol. The first kappa shape index (κ1) is 14.7. The van der Waals surface area contributed by atoms with Gasteiger partial charge in [-0.05, 0) is 25.3 Å². The van der Waals surface area contributed by atoms with Crippen LogP contribution in [0.1, 0.15) is 31.9 Å². The van der Waals surface area contributed by atoms with Crippen molar-refractivity contribution in [3.05, 3.63) is 33.7 Å². The summed E-state index contributed by atoms with van der Waals surface area (Å²) in [7, 11) is 0. The Morgan fingerprint density at radius 3 is 3.14 bits per heavy atom. The van der Waals surface area contributed by atoms with E-state index in [9.17, 15) is 4.79 Å². The van der Waals surface area contributed by atoms with Crippen LogP contribution in [0.5, 0.6) is 0 Å². The highest BCUT2D eigenvalue weighted by atomic mass is 32.1. The quantitative estimate of drug-likeness (QED) is 0.934. The molecule has 3 rings (SSSR count). The first-order valence-electron chi connectivity index (χ1n) is 7.61. The second-order valence-electron chi connectivity index (χ2n) is 5.80. The predicted molar refractivity (Wildman–Crippen MR) is 85.6 cm³/mol. The molecule has 21 heavy (non-hydrogen) atoms. The van der Waals surface area contributed by atoms with Crippen molar-refractivity contribution in [1.29, 1.82) is 0 Å². The third-order valence-corrected chi connectivity index (χ3v) is 5.27. The maximum absolute atomic E-state index is 12.0. The average Bonchev–Trinajstić information content (AvgIpc) is 2.96. The summed E-state index contributed by atoms with van der Waals surface area (Å²) in [4.78, 5) is 19.8. The molecule has 2 aromatic rings. The zero-order valence-electron chi connectivity index (χ0n) is 12.4. The lowest BCUT2D eigenvalue weighted by Gasteiger charge is -2.38.